The fraction of sp³-hybridized carbons (Fsp3) is 0.133. The Labute approximate surface area is 142 Å². The van der Waals surface area contributed by atoms with E-state index >= 15 is 0 Å². The van der Waals surface area contributed by atoms with Crippen LogP contribution in [0.5, 0.6) is 0 Å². The molecule has 0 saturated heterocycles. The van der Waals surface area contributed by atoms with E-state index in [9.17, 15) is 17.6 Å². The summed E-state index contributed by atoms with van der Waals surface area (Å²) in [6, 6.07) is 8.52. The number of hydrogen-bond acceptors (Lipinski definition) is 3. The number of benzene rings is 2. The summed E-state index contributed by atoms with van der Waals surface area (Å²) in [5.41, 5.74) is 0.663. The average Bonchev–Trinajstić information content (AvgIpc) is 2.48. The maximum absolute atomic E-state index is 13.8. The molecule has 122 valence electrons. The first kappa shape index (κ1) is 17.6. The third-order valence-electron chi connectivity index (χ3n) is 3.18. The van der Waals surface area contributed by atoms with Crippen LogP contribution in [0.3, 0.4) is 0 Å². The fourth-order valence-corrected chi connectivity index (χ4v) is 3.28. The SMILES string of the molecule is CNS(=O)(=O)c1cc(NC(=O)c2ccc(Br)cc2F)ccc1C. The molecule has 0 aliphatic heterocycles. The summed E-state index contributed by atoms with van der Waals surface area (Å²) in [5, 5.41) is 2.50. The van der Waals surface area contributed by atoms with Crippen LogP contribution in [-0.4, -0.2) is 21.4 Å². The highest BCUT2D eigenvalue weighted by molar-refractivity contribution is 9.10. The molecule has 8 heteroatoms. The van der Waals surface area contributed by atoms with Crippen molar-refractivity contribution in [3.63, 3.8) is 0 Å². The van der Waals surface area contributed by atoms with Gasteiger partial charge in [0.05, 0.1) is 10.5 Å². The molecule has 0 heterocycles. The third-order valence-corrected chi connectivity index (χ3v) is 5.23. The fourth-order valence-electron chi connectivity index (χ4n) is 1.95. The quantitative estimate of drug-likeness (QED) is 0.827. The van der Waals surface area contributed by atoms with Gasteiger partial charge >= 0.3 is 0 Å². The van der Waals surface area contributed by atoms with Gasteiger partial charge in [-0.15, -0.1) is 0 Å². The molecule has 0 spiro atoms. The van der Waals surface area contributed by atoms with Crippen LogP contribution in [0.4, 0.5) is 10.1 Å². The van der Waals surface area contributed by atoms with Crippen molar-refractivity contribution in [3.05, 3.63) is 57.8 Å². The number of aryl methyl sites for hydroxylation is 1. The van der Waals surface area contributed by atoms with E-state index in [2.05, 4.69) is 26.0 Å². The molecule has 23 heavy (non-hydrogen) atoms. The van der Waals surface area contributed by atoms with Gasteiger partial charge in [-0.1, -0.05) is 22.0 Å². The minimum atomic E-state index is -3.65. The Morgan fingerprint density at radius 3 is 2.48 bits per heavy atom. The number of amides is 1. The van der Waals surface area contributed by atoms with Gasteiger partial charge in [0.1, 0.15) is 5.82 Å². The second-order valence-electron chi connectivity index (χ2n) is 4.77. The molecule has 0 saturated carbocycles. The summed E-state index contributed by atoms with van der Waals surface area (Å²) in [6.45, 7) is 1.64. The zero-order valence-electron chi connectivity index (χ0n) is 12.4. The van der Waals surface area contributed by atoms with Crippen LogP contribution >= 0.6 is 15.9 Å². The van der Waals surface area contributed by atoms with E-state index in [1.807, 2.05) is 0 Å². The van der Waals surface area contributed by atoms with Crippen molar-refractivity contribution in [1.29, 1.82) is 0 Å². The molecule has 2 rings (SSSR count). The number of carbonyl (C=O) groups is 1. The summed E-state index contributed by atoms with van der Waals surface area (Å²) in [5.74, 6) is -1.33. The van der Waals surface area contributed by atoms with Crippen LogP contribution < -0.4 is 10.0 Å². The Hall–Kier alpha value is -1.77. The largest absolute Gasteiger partial charge is 0.322 e. The molecular formula is C15H14BrFN2O3S. The molecule has 2 N–H and O–H groups in total. The van der Waals surface area contributed by atoms with E-state index in [1.54, 1.807) is 25.1 Å². The van der Waals surface area contributed by atoms with Gasteiger partial charge in [0, 0.05) is 10.2 Å². The molecule has 5 nitrogen and oxygen atoms in total. The molecule has 2 aromatic rings. The second kappa shape index (κ2) is 6.77. The van der Waals surface area contributed by atoms with Gasteiger partial charge in [0.2, 0.25) is 10.0 Å². The van der Waals surface area contributed by atoms with Crippen molar-refractivity contribution in [2.24, 2.45) is 0 Å². The van der Waals surface area contributed by atoms with Crippen LogP contribution in [-0.2, 0) is 10.0 Å². The van der Waals surface area contributed by atoms with Crippen molar-refractivity contribution in [3.8, 4) is 0 Å². The van der Waals surface area contributed by atoms with E-state index < -0.39 is 21.7 Å². The van der Waals surface area contributed by atoms with Crippen molar-refractivity contribution in [2.45, 2.75) is 11.8 Å². The van der Waals surface area contributed by atoms with Gasteiger partial charge in [0.25, 0.3) is 5.91 Å². The molecule has 0 aromatic heterocycles. The highest BCUT2D eigenvalue weighted by atomic mass is 79.9. The topological polar surface area (TPSA) is 75.3 Å². The van der Waals surface area contributed by atoms with Crippen molar-refractivity contribution in [1.82, 2.24) is 4.72 Å². The summed E-state index contributed by atoms with van der Waals surface area (Å²) >= 11 is 3.11. The number of anilines is 1. The average molecular weight is 401 g/mol. The first-order chi connectivity index (χ1) is 10.7. The first-order valence-electron chi connectivity index (χ1n) is 6.55. The molecular weight excluding hydrogens is 387 g/mol. The van der Waals surface area contributed by atoms with E-state index in [4.69, 9.17) is 0 Å². The van der Waals surface area contributed by atoms with Crippen molar-refractivity contribution in [2.75, 3.05) is 12.4 Å². The molecule has 0 aliphatic carbocycles. The molecule has 1 amide bonds. The lowest BCUT2D eigenvalue weighted by atomic mass is 10.2. The standard InChI is InChI=1S/C15H14BrFN2O3S/c1-9-3-5-11(8-14(9)23(21,22)18-2)19-15(20)12-6-4-10(16)7-13(12)17/h3-8,18H,1-2H3,(H,19,20). The smallest absolute Gasteiger partial charge is 0.258 e. The molecule has 2 aromatic carbocycles. The number of sulfonamides is 1. The first-order valence-corrected chi connectivity index (χ1v) is 8.83. The van der Waals surface area contributed by atoms with Crippen LogP contribution in [0.25, 0.3) is 0 Å². The van der Waals surface area contributed by atoms with Gasteiger partial charge in [0.15, 0.2) is 0 Å². The molecule has 0 atom stereocenters. The maximum atomic E-state index is 13.8. The minimum absolute atomic E-state index is 0.0501. The maximum Gasteiger partial charge on any atom is 0.258 e. The molecule has 0 aliphatic rings. The van der Waals surface area contributed by atoms with E-state index in [0.29, 0.717) is 10.0 Å². The Bertz CT molecular complexity index is 869. The van der Waals surface area contributed by atoms with Crippen LogP contribution in [0.15, 0.2) is 45.8 Å². The van der Waals surface area contributed by atoms with Crippen molar-refractivity contribution >= 4 is 37.5 Å². The highest BCUT2D eigenvalue weighted by Crippen LogP contribution is 2.21. The Morgan fingerprint density at radius 2 is 1.87 bits per heavy atom. The number of carbonyl (C=O) groups excluding carboxylic acids is 1. The number of halogens is 2. The van der Waals surface area contributed by atoms with E-state index in [0.717, 1.165) is 0 Å². The molecule has 0 fully saturated rings. The predicted octanol–water partition coefficient (Wildman–Crippen LogP) is 3.06. The zero-order valence-corrected chi connectivity index (χ0v) is 14.8. The Kier molecular flexibility index (Phi) is 5.18. The van der Waals surface area contributed by atoms with Gasteiger partial charge < -0.3 is 5.32 Å². The number of hydrogen-bond donors (Lipinski definition) is 2. The summed E-state index contributed by atoms with van der Waals surface area (Å²) in [4.78, 5) is 12.2. The number of nitrogens with one attached hydrogen (secondary N) is 2. The zero-order chi connectivity index (χ0) is 17.2. The normalized spacial score (nSPS) is 11.3. The van der Waals surface area contributed by atoms with Crippen LogP contribution in [0.2, 0.25) is 0 Å². The predicted molar refractivity (Wildman–Crippen MR) is 89.5 cm³/mol. The monoisotopic (exact) mass is 400 g/mol. The van der Waals surface area contributed by atoms with Gasteiger partial charge in [-0.3, -0.25) is 4.79 Å². The second-order valence-corrected chi connectivity index (χ2v) is 7.54. The molecule has 0 bridgehead atoms. The van der Waals surface area contributed by atoms with Gasteiger partial charge in [-0.2, -0.15) is 0 Å². The lowest BCUT2D eigenvalue weighted by molar-refractivity contribution is 0.102. The third kappa shape index (κ3) is 3.95. The van der Waals surface area contributed by atoms with Crippen molar-refractivity contribution < 1.29 is 17.6 Å². The van der Waals surface area contributed by atoms with Gasteiger partial charge in [-0.05, 0) is 49.9 Å². The summed E-state index contributed by atoms with van der Waals surface area (Å²) in [7, 11) is -2.34. The Morgan fingerprint density at radius 1 is 1.17 bits per heavy atom. The van der Waals surface area contributed by atoms with E-state index in [1.165, 1.54) is 25.2 Å². The Balaban J connectivity index is 2.34. The number of rotatable bonds is 4. The lowest BCUT2D eigenvalue weighted by Gasteiger charge is -2.11. The molecule has 0 unspecified atom stereocenters. The lowest BCUT2D eigenvalue weighted by Crippen LogP contribution is -2.20. The minimum Gasteiger partial charge on any atom is -0.322 e. The van der Waals surface area contributed by atoms with Crippen LogP contribution in [0.1, 0.15) is 15.9 Å². The summed E-state index contributed by atoms with van der Waals surface area (Å²) < 4.78 is 40.4. The van der Waals surface area contributed by atoms with Gasteiger partial charge in [-0.25, -0.2) is 17.5 Å². The summed E-state index contributed by atoms with van der Waals surface area (Å²) in [6.07, 6.45) is 0. The molecule has 0 radical (unpaired) electrons. The highest BCUT2D eigenvalue weighted by Gasteiger charge is 2.17. The van der Waals surface area contributed by atoms with E-state index in [-0.39, 0.29) is 16.1 Å². The van der Waals surface area contributed by atoms with Crippen LogP contribution in [0, 0.1) is 12.7 Å².